The molecule has 1 N–H and O–H groups in total. The van der Waals surface area contributed by atoms with E-state index in [4.69, 9.17) is 16.3 Å². The summed E-state index contributed by atoms with van der Waals surface area (Å²) in [5, 5.41) is 3.41. The minimum atomic E-state index is -4.45. The lowest BCUT2D eigenvalue weighted by Gasteiger charge is -2.36. The number of hydrogen-bond acceptors (Lipinski definition) is 3. The molecule has 0 unspecified atom stereocenters. The van der Waals surface area contributed by atoms with Crippen molar-refractivity contribution in [3.8, 4) is 11.5 Å². The van der Waals surface area contributed by atoms with Crippen LogP contribution in [0.2, 0.25) is 5.02 Å². The van der Waals surface area contributed by atoms with Gasteiger partial charge in [0.15, 0.2) is 0 Å². The number of carbonyl (C=O) groups is 2. The van der Waals surface area contributed by atoms with E-state index in [1.165, 1.54) is 23.1 Å². The summed E-state index contributed by atoms with van der Waals surface area (Å²) in [6.45, 7) is 0.234. The molecule has 1 aliphatic heterocycles. The minimum absolute atomic E-state index is 0.194. The monoisotopic (exact) mass is 550 g/mol. The number of carbonyl (C=O) groups excluding carboxylic acids is 2. The number of alkyl halides is 3. The maximum absolute atomic E-state index is 13.7. The first-order valence-electron chi connectivity index (χ1n) is 12.1. The topological polar surface area (TPSA) is 58.6 Å². The summed E-state index contributed by atoms with van der Waals surface area (Å²) < 4.78 is 44.3. The molecule has 39 heavy (non-hydrogen) atoms. The molecule has 198 valence electrons. The Hall–Kier alpha value is -4.30. The fourth-order valence-electron chi connectivity index (χ4n) is 4.44. The molecule has 5 nitrogen and oxygen atoms in total. The Bertz CT molecular complexity index is 1510. The molecule has 0 aromatic heterocycles. The molecule has 0 saturated heterocycles. The van der Waals surface area contributed by atoms with Gasteiger partial charge in [0, 0.05) is 29.2 Å². The van der Waals surface area contributed by atoms with Crippen molar-refractivity contribution in [2.45, 2.75) is 25.2 Å². The SMILES string of the molecule is O=C(Nc1ccc(Cl)cc1)[C@H]1Cc2ccccc2CN1C(=O)c1cccc(Oc2ccc(C(F)(F)F)cc2)c1. The lowest BCUT2D eigenvalue weighted by Crippen LogP contribution is -2.50. The van der Waals surface area contributed by atoms with Crippen LogP contribution in [0.15, 0.2) is 97.1 Å². The third kappa shape index (κ3) is 6.07. The van der Waals surface area contributed by atoms with Gasteiger partial charge in [-0.1, -0.05) is 41.9 Å². The maximum Gasteiger partial charge on any atom is 0.416 e. The molecule has 5 rings (SSSR count). The number of amides is 2. The lowest BCUT2D eigenvalue weighted by atomic mass is 9.92. The van der Waals surface area contributed by atoms with Crippen LogP contribution in [-0.2, 0) is 23.9 Å². The van der Waals surface area contributed by atoms with Crippen molar-refractivity contribution in [2.24, 2.45) is 0 Å². The van der Waals surface area contributed by atoms with E-state index in [0.717, 1.165) is 23.3 Å². The molecule has 0 saturated carbocycles. The summed E-state index contributed by atoms with van der Waals surface area (Å²) in [5.41, 5.74) is 1.98. The predicted molar refractivity (Wildman–Crippen MR) is 142 cm³/mol. The largest absolute Gasteiger partial charge is 0.457 e. The molecule has 0 bridgehead atoms. The van der Waals surface area contributed by atoms with E-state index >= 15 is 0 Å². The molecular formula is C30H22ClF3N2O3. The number of hydrogen-bond donors (Lipinski definition) is 1. The van der Waals surface area contributed by atoms with Crippen molar-refractivity contribution in [3.05, 3.63) is 124 Å². The van der Waals surface area contributed by atoms with Crippen molar-refractivity contribution >= 4 is 29.1 Å². The Morgan fingerprint density at radius 2 is 1.54 bits per heavy atom. The highest BCUT2D eigenvalue weighted by Crippen LogP contribution is 2.32. The molecule has 2 amide bonds. The quantitative estimate of drug-likeness (QED) is 0.282. The Morgan fingerprint density at radius 3 is 2.23 bits per heavy atom. The van der Waals surface area contributed by atoms with Crippen LogP contribution in [-0.4, -0.2) is 22.8 Å². The van der Waals surface area contributed by atoms with E-state index in [-0.39, 0.29) is 35.4 Å². The first-order valence-corrected chi connectivity index (χ1v) is 12.4. The second-order valence-corrected chi connectivity index (χ2v) is 9.51. The highest BCUT2D eigenvalue weighted by Gasteiger charge is 2.35. The van der Waals surface area contributed by atoms with Crippen LogP contribution in [0.5, 0.6) is 11.5 Å². The van der Waals surface area contributed by atoms with E-state index in [9.17, 15) is 22.8 Å². The number of halogens is 4. The Labute approximate surface area is 227 Å². The average Bonchev–Trinajstić information content (AvgIpc) is 2.93. The van der Waals surface area contributed by atoms with E-state index in [1.54, 1.807) is 42.5 Å². The third-order valence-electron chi connectivity index (χ3n) is 6.42. The molecule has 0 aliphatic carbocycles. The van der Waals surface area contributed by atoms with E-state index < -0.39 is 17.8 Å². The molecule has 1 atom stereocenters. The zero-order chi connectivity index (χ0) is 27.6. The zero-order valence-electron chi connectivity index (χ0n) is 20.4. The maximum atomic E-state index is 13.7. The zero-order valence-corrected chi connectivity index (χ0v) is 21.2. The van der Waals surface area contributed by atoms with Gasteiger partial charge in [-0.15, -0.1) is 0 Å². The fraction of sp³-hybridized carbons (Fsp3) is 0.133. The predicted octanol–water partition coefficient (Wildman–Crippen LogP) is 7.36. The Balaban J connectivity index is 1.39. The smallest absolute Gasteiger partial charge is 0.416 e. The lowest BCUT2D eigenvalue weighted by molar-refractivity contribution is -0.137. The number of rotatable bonds is 5. The van der Waals surface area contributed by atoms with Crippen molar-refractivity contribution < 1.29 is 27.5 Å². The van der Waals surface area contributed by atoms with Crippen LogP contribution in [0.25, 0.3) is 0 Å². The fourth-order valence-corrected chi connectivity index (χ4v) is 4.56. The molecule has 9 heteroatoms. The summed E-state index contributed by atoms with van der Waals surface area (Å²) in [6, 6.07) is 24.2. The third-order valence-corrected chi connectivity index (χ3v) is 6.67. The average molecular weight is 551 g/mol. The first-order chi connectivity index (χ1) is 18.7. The van der Waals surface area contributed by atoms with Gasteiger partial charge in [0.2, 0.25) is 5.91 Å². The van der Waals surface area contributed by atoms with Gasteiger partial charge in [-0.2, -0.15) is 13.2 Å². The Morgan fingerprint density at radius 1 is 0.846 bits per heavy atom. The summed E-state index contributed by atoms with van der Waals surface area (Å²) in [4.78, 5) is 28.6. The van der Waals surface area contributed by atoms with Gasteiger partial charge in [-0.05, 0) is 77.9 Å². The van der Waals surface area contributed by atoms with E-state index in [2.05, 4.69) is 5.32 Å². The van der Waals surface area contributed by atoms with Crippen LogP contribution in [0.4, 0.5) is 18.9 Å². The van der Waals surface area contributed by atoms with Gasteiger partial charge in [-0.25, -0.2) is 0 Å². The number of ether oxygens (including phenoxy) is 1. The van der Waals surface area contributed by atoms with Gasteiger partial charge in [0.25, 0.3) is 5.91 Å². The molecule has 4 aromatic rings. The number of fused-ring (bicyclic) bond motifs is 1. The van der Waals surface area contributed by atoms with Crippen LogP contribution < -0.4 is 10.1 Å². The summed E-state index contributed by atoms with van der Waals surface area (Å²) in [6.07, 6.45) is -4.11. The first kappa shape index (κ1) is 26.3. The van der Waals surface area contributed by atoms with Crippen LogP contribution >= 0.6 is 11.6 Å². The minimum Gasteiger partial charge on any atom is -0.457 e. The second-order valence-electron chi connectivity index (χ2n) is 9.07. The number of nitrogens with zero attached hydrogens (tertiary/aromatic N) is 1. The van der Waals surface area contributed by atoms with Gasteiger partial charge < -0.3 is 15.0 Å². The van der Waals surface area contributed by atoms with Crippen molar-refractivity contribution in [2.75, 3.05) is 5.32 Å². The molecule has 0 fully saturated rings. The highest BCUT2D eigenvalue weighted by atomic mass is 35.5. The van der Waals surface area contributed by atoms with Crippen LogP contribution in [0.1, 0.15) is 27.0 Å². The molecule has 1 aliphatic rings. The summed E-state index contributed by atoms with van der Waals surface area (Å²) in [7, 11) is 0. The van der Waals surface area contributed by atoms with Gasteiger partial charge in [0.1, 0.15) is 17.5 Å². The van der Waals surface area contributed by atoms with Crippen LogP contribution in [0, 0.1) is 0 Å². The molecular weight excluding hydrogens is 529 g/mol. The summed E-state index contributed by atoms with van der Waals surface area (Å²) >= 11 is 5.95. The Kier molecular flexibility index (Phi) is 7.30. The molecule has 4 aromatic carbocycles. The number of anilines is 1. The van der Waals surface area contributed by atoms with Gasteiger partial charge >= 0.3 is 6.18 Å². The molecule has 0 spiro atoms. The van der Waals surface area contributed by atoms with E-state index in [1.807, 2.05) is 24.3 Å². The number of benzene rings is 4. The van der Waals surface area contributed by atoms with Crippen molar-refractivity contribution in [1.82, 2.24) is 4.90 Å². The molecule has 0 radical (unpaired) electrons. The van der Waals surface area contributed by atoms with Gasteiger partial charge in [0.05, 0.1) is 5.56 Å². The van der Waals surface area contributed by atoms with Crippen molar-refractivity contribution in [1.29, 1.82) is 0 Å². The molecule has 1 heterocycles. The summed E-state index contributed by atoms with van der Waals surface area (Å²) in [5.74, 6) is -0.240. The number of nitrogens with one attached hydrogen (secondary N) is 1. The van der Waals surface area contributed by atoms with Crippen molar-refractivity contribution in [3.63, 3.8) is 0 Å². The van der Waals surface area contributed by atoms with Gasteiger partial charge in [-0.3, -0.25) is 9.59 Å². The standard InChI is InChI=1S/C30H22ClF3N2O3/c31-23-10-12-24(13-11-23)35-28(37)27-17-19-4-1-2-5-21(19)18-36(27)29(38)20-6-3-7-26(16-20)39-25-14-8-22(9-15-25)30(32,33)34/h1-16,27H,17-18H2,(H,35,37)/t27-/m1/s1. The van der Waals surface area contributed by atoms with Crippen LogP contribution in [0.3, 0.4) is 0 Å². The second kappa shape index (κ2) is 10.8. The normalized spacial score (nSPS) is 14.9. The highest BCUT2D eigenvalue weighted by molar-refractivity contribution is 6.30. The van der Waals surface area contributed by atoms with E-state index in [0.29, 0.717) is 17.1 Å².